The zero-order valence-corrected chi connectivity index (χ0v) is 18.5. The minimum absolute atomic E-state index is 0.0991. The van der Waals surface area contributed by atoms with E-state index in [9.17, 15) is 0 Å². The van der Waals surface area contributed by atoms with Gasteiger partial charge < -0.3 is 9.88 Å². The highest BCUT2D eigenvalue weighted by molar-refractivity contribution is 5.33. The summed E-state index contributed by atoms with van der Waals surface area (Å²) in [5.41, 5.74) is 3.75. The van der Waals surface area contributed by atoms with Crippen LogP contribution in [-0.2, 0) is 13.1 Å². The van der Waals surface area contributed by atoms with Gasteiger partial charge in [-0.05, 0) is 76.9 Å². The molecule has 3 aromatic heterocycles. The van der Waals surface area contributed by atoms with Gasteiger partial charge in [0, 0.05) is 66.4 Å². The van der Waals surface area contributed by atoms with Crippen molar-refractivity contribution in [1.29, 1.82) is 0 Å². The quantitative estimate of drug-likeness (QED) is 0.654. The van der Waals surface area contributed by atoms with Crippen LogP contribution in [0.3, 0.4) is 0 Å². The number of aromatic nitrogens is 3. The summed E-state index contributed by atoms with van der Waals surface area (Å²) in [5.74, 6) is 0. The highest BCUT2D eigenvalue weighted by Gasteiger charge is 2.40. The Balaban J connectivity index is 1.64. The average Bonchev–Trinajstić information content (AvgIpc) is 3.15. The van der Waals surface area contributed by atoms with Crippen LogP contribution in [0.2, 0.25) is 0 Å². The number of rotatable bonds is 6. The van der Waals surface area contributed by atoms with Crippen molar-refractivity contribution in [1.82, 2.24) is 24.8 Å². The van der Waals surface area contributed by atoms with Crippen molar-refractivity contribution in [2.45, 2.75) is 70.7 Å². The first-order chi connectivity index (χ1) is 14.3. The normalized spacial score (nSPS) is 18.6. The summed E-state index contributed by atoms with van der Waals surface area (Å²) in [7, 11) is 0. The minimum atomic E-state index is 0.0991. The Kier molecular flexibility index (Phi) is 5.76. The molecule has 0 radical (unpaired) electrons. The van der Waals surface area contributed by atoms with E-state index >= 15 is 0 Å². The molecular weight excluding hydrogens is 370 g/mol. The van der Waals surface area contributed by atoms with Crippen LogP contribution in [0.25, 0.3) is 5.69 Å². The van der Waals surface area contributed by atoms with Crippen LogP contribution < -0.4 is 5.32 Å². The van der Waals surface area contributed by atoms with Gasteiger partial charge in [0.15, 0.2) is 0 Å². The van der Waals surface area contributed by atoms with Crippen molar-refractivity contribution < 1.29 is 0 Å². The van der Waals surface area contributed by atoms with Crippen molar-refractivity contribution in [3.8, 4) is 5.69 Å². The van der Waals surface area contributed by atoms with Crippen LogP contribution in [0.1, 0.15) is 51.9 Å². The summed E-state index contributed by atoms with van der Waals surface area (Å²) in [5, 5.41) is 3.82. The lowest BCUT2D eigenvalue weighted by Gasteiger charge is -2.49. The van der Waals surface area contributed by atoms with Gasteiger partial charge in [0.2, 0.25) is 0 Å². The Morgan fingerprint density at radius 2 is 1.67 bits per heavy atom. The number of hydrogen-bond donors (Lipinski definition) is 1. The third kappa shape index (κ3) is 4.97. The SMILES string of the molecule is CC1(C)CC(N(Cc2ccccn2)Cc2cccn2-c2ccncc2)CC(C)(C)N1. The van der Waals surface area contributed by atoms with E-state index < -0.39 is 0 Å². The Hall–Kier alpha value is -2.50. The predicted molar refractivity (Wildman–Crippen MR) is 121 cm³/mol. The topological polar surface area (TPSA) is 46.0 Å². The summed E-state index contributed by atoms with van der Waals surface area (Å²) in [6.07, 6.45) is 9.95. The Morgan fingerprint density at radius 1 is 0.933 bits per heavy atom. The first-order valence-electron chi connectivity index (χ1n) is 10.8. The molecule has 1 aliphatic heterocycles. The number of nitrogens with one attached hydrogen (secondary N) is 1. The molecule has 0 unspecified atom stereocenters. The first-order valence-corrected chi connectivity index (χ1v) is 10.8. The van der Waals surface area contributed by atoms with Gasteiger partial charge in [-0.3, -0.25) is 14.9 Å². The first kappa shape index (κ1) is 20.8. The molecule has 4 rings (SSSR count). The number of piperidine rings is 1. The van der Waals surface area contributed by atoms with E-state index in [1.54, 1.807) is 0 Å². The van der Waals surface area contributed by atoms with Crippen molar-refractivity contribution in [2.75, 3.05) is 0 Å². The lowest BCUT2D eigenvalue weighted by Crippen LogP contribution is -2.62. The lowest BCUT2D eigenvalue weighted by molar-refractivity contribution is 0.0546. The van der Waals surface area contributed by atoms with Crippen LogP contribution in [0, 0.1) is 0 Å². The van der Waals surface area contributed by atoms with E-state index in [-0.39, 0.29) is 11.1 Å². The zero-order valence-electron chi connectivity index (χ0n) is 18.5. The predicted octanol–water partition coefficient (Wildman–Crippen LogP) is 4.58. The van der Waals surface area contributed by atoms with E-state index in [1.165, 1.54) is 5.69 Å². The van der Waals surface area contributed by atoms with Gasteiger partial charge in [0.1, 0.15) is 0 Å². The van der Waals surface area contributed by atoms with E-state index in [4.69, 9.17) is 0 Å². The lowest BCUT2D eigenvalue weighted by atomic mass is 9.79. The van der Waals surface area contributed by atoms with Gasteiger partial charge >= 0.3 is 0 Å². The van der Waals surface area contributed by atoms with E-state index in [2.05, 4.69) is 95.0 Å². The fourth-order valence-electron chi connectivity index (χ4n) is 5.05. The van der Waals surface area contributed by atoms with Gasteiger partial charge in [-0.2, -0.15) is 0 Å². The van der Waals surface area contributed by atoms with Crippen molar-refractivity contribution in [3.63, 3.8) is 0 Å². The highest BCUT2D eigenvalue weighted by Crippen LogP contribution is 2.33. The Labute approximate surface area is 180 Å². The van der Waals surface area contributed by atoms with Crippen LogP contribution in [0.4, 0.5) is 0 Å². The van der Waals surface area contributed by atoms with Crippen molar-refractivity contribution >= 4 is 0 Å². The van der Waals surface area contributed by atoms with Gasteiger partial charge in [-0.15, -0.1) is 0 Å². The Bertz CT molecular complexity index is 930. The maximum atomic E-state index is 4.62. The molecule has 158 valence electrons. The second-order valence-corrected chi connectivity index (χ2v) is 9.76. The standard InChI is InChI=1S/C25H33N5/c1-24(2)16-23(17-25(3,4)28-24)29(18-20-8-5-6-12-27-20)19-22-9-7-15-30(22)21-10-13-26-14-11-21/h5-15,23,28H,16-19H2,1-4H3. The third-order valence-electron chi connectivity index (χ3n) is 5.92. The molecule has 0 amide bonds. The largest absolute Gasteiger partial charge is 0.319 e. The zero-order chi connectivity index (χ0) is 21.2. The minimum Gasteiger partial charge on any atom is -0.319 e. The molecule has 0 spiro atoms. The summed E-state index contributed by atoms with van der Waals surface area (Å²) in [4.78, 5) is 11.4. The molecule has 3 aromatic rings. The number of pyridine rings is 2. The fourth-order valence-corrected chi connectivity index (χ4v) is 5.05. The molecule has 1 fully saturated rings. The summed E-state index contributed by atoms with van der Waals surface area (Å²) in [6.45, 7) is 11.0. The molecule has 0 aromatic carbocycles. The average molecular weight is 404 g/mol. The number of hydrogen-bond acceptors (Lipinski definition) is 4. The molecule has 1 aliphatic rings. The van der Waals surface area contributed by atoms with E-state index in [1.807, 2.05) is 24.7 Å². The monoisotopic (exact) mass is 403 g/mol. The molecule has 0 bridgehead atoms. The van der Waals surface area contributed by atoms with Crippen LogP contribution in [0.15, 0.2) is 67.3 Å². The van der Waals surface area contributed by atoms with Crippen LogP contribution in [-0.4, -0.2) is 36.6 Å². The molecule has 1 saturated heterocycles. The van der Waals surface area contributed by atoms with Gasteiger partial charge in [0.25, 0.3) is 0 Å². The van der Waals surface area contributed by atoms with E-state index in [0.29, 0.717) is 6.04 Å². The van der Waals surface area contributed by atoms with Crippen LogP contribution >= 0.6 is 0 Å². The van der Waals surface area contributed by atoms with Gasteiger partial charge in [-0.25, -0.2) is 0 Å². The highest BCUT2D eigenvalue weighted by atomic mass is 15.2. The maximum Gasteiger partial charge on any atom is 0.0544 e. The van der Waals surface area contributed by atoms with E-state index in [0.717, 1.165) is 37.3 Å². The summed E-state index contributed by atoms with van der Waals surface area (Å²) >= 11 is 0. The maximum absolute atomic E-state index is 4.62. The van der Waals surface area contributed by atoms with Crippen molar-refractivity contribution in [3.05, 3.63) is 78.6 Å². The smallest absolute Gasteiger partial charge is 0.0544 e. The fraction of sp³-hybridized carbons (Fsp3) is 0.440. The molecule has 0 saturated carbocycles. The Morgan fingerprint density at radius 3 is 2.33 bits per heavy atom. The molecule has 5 heteroatoms. The van der Waals surface area contributed by atoms with Crippen molar-refractivity contribution in [2.24, 2.45) is 0 Å². The van der Waals surface area contributed by atoms with Gasteiger partial charge in [-0.1, -0.05) is 6.07 Å². The summed E-state index contributed by atoms with van der Waals surface area (Å²) < 4.78 is 2.27. The third-order valence-corrected chi connectivity index (χ3v) is 5.92. The molecule has 5 nitrogen and oxygen atoms in total. The van der Waals surface area contributed by atoms with Crippen LogP contribution in [0.5, 0.6) is 0 Å². The molecule has 1 N–H and O–H groups in total. The second-order valence-electron chi connectivity index (χ2n) is 9.76. The second kappa shape index (κ2) is 8.32. The molecule has 4 heterocycles. The molecule has 30 heavy (non-hydrogen) atoms. The molecule has 0 atom stereocenters. The number of nitrogens with zero attached hydrogens (tertiary/aromatic N) is 4. The molecular formula is C25H33N5. The summed E-state index contributed by atoms with van der Waals surface area (Å²) in [6, 6.07) is 15.1. The van der Waals surface area contributed by atoms with Gasteiger partial charge in [0.05, 0.1) is 5.69 Å². The molecule has 0 aliphatic carbocycles.